The zero-order valence-electron chi connectivity index (χ0n) is 9.91. The molecule has 3 atom stereocenters. The van der Waals surface area contributed by atoms with Crippen LogP contribution < -0.4 is 5.73 Å². The lowest BCUT2D eigenvalue weighted by molar-refractivity contribution is 0.160. The van der Waals surface area contributed by atoms with Crippen LogP contribution in [-0.2, 0) is 5.54 Å². The minimum atomic E-state index is -0.514. The summed E-state index contributed by atoms with van der Waals surface area (Å²) in [5.74, 6) is 0.733. The van der Waals surface area contributed by atoms with Gasteiger partial charge in [0.1, 0.15) is 5.82 Å². The van der Waals surface area contributed by atoms with E-state index in [0.717, 1.165) is 19.3 Å². The molecule has 3 heteroatoms. The van der Waals surface area contributed by atoms with Gasteiger partial charge in [0.05, 0.1) is 6.20 Å². The number of halogens is 1. The molecule has 1 aromatic heterocycles. The van der Waals surface area contributed by atoms with Crippen molar-refractivity contribution in [3.63, 3.8) is 0 Å². The Morgan fingerprint density at radius 1 is 1.50 bits per heavy atom. The minimum absolute atomic E-state index is 0.272. The summed E-state index contributed by atoms with van der Waals surface area (Å²) in [6.45, 7) is 4.36. The van der Waals surface area contributed by atoms with Gasteiger partial charge in [-0.2, -0.15) is 0 Å². The van der Waals surface area contributed by atoms with Gasteiger partial charge in [-0.05, 0) is 37.2 Å². The van der Waals surface area contributed by atoms with Gasteiger partial charge in [-0.15, -0.1) is 0 Å². The van der Waals surface area contributed by atoms with E-state index in [1.165, 1.54) is 6.20 Å². The van der Waals surface area contributed by atoms with E-state index in [-0.39, 0.29) is 5.82 Å². The normalized spacial score (nSPS) is 35.0. The van der Waals surface area contributed by atoms with E-state index in [2.05, 4.69) is 18.8 Å². The van der Waals surface area contributed by atoms with Crippen LogP contribution in [0.2, 0.25) is 0 Å². The molecule has 0 aromatic carbocycles. The maximum absolute atomic E-state index is 13.7. The molecule has 2 rings (SSSR count). The summed E-state index contributed by atoms with van der Waals surface area (Å²) < 4.78 is 13.7. The average molecular weight is 222 g/mol. The van der Waals surface area contributed by atoms with Gasteiger partial charge in [0.15, 0.2) is 0 Å². The summed E-state index contributed by atoms with van der Waals surface area (Å²) in [7, 11) is 0. The summed E-state index contributed by atoms with van der Waals surface area (Å²) in [5.41, 5.74) is 6.53. The van der Waals surface area contributed by atoms with E-state index in [1.807, 2.05) is 0 Å². The molecule has 0 saturated heterocycles. The third-order valence-electron chi connectivity index (χ3n) is 3.96. The van der Waals surface area contributed by atoms with Crippen molar-refractivity contribution in [3.05, 3.63) is 29.8 Å². The highest BCUT2D eigenvalue weighted by atomic mass is 19.1. The summed E-state index contributed by atoms with van der Waals surface area (Å²) >= 11 is 0. The molecule has 0 spiro atoms. The third-order valence-corrected chi connectivity index (χ3v) is 3.96. The second kappa shape index (κ2) is 4.13. The summed E-state index contributed by atoms with van der Waals surface area (Å²) in [6, 6.07) is 1.72. The fraction of sp³-hybridized carbons (Fsp3) is 0.615. The molecule has 1 fully saturated rings. The lowest BCUT2D eigenvalue weighted by Gasteiger charge is -2.42. The van der Waals surface area contributed by atoms with Crippen LogP contribution in [0.4, 0.5) is 4.39 Å². The van der Waals surface area contributed by atoms with Crippen molar-refractivity contribution in [2.24, 2.45) is 17.6 Å². The molecule has 1 heterocycles. The SMILES string of the molecule is CC1CCC(N)(c2ccncc2F)C(C)C1. The first-order valence-corrected chi connectivity index (χ1v) is 5.93. The molecule has 3 unspecified atom stereocenters. The first-order chi connectivity index (χ1) is 7.54. The molecule has 0 aliphatic heterocycles. The molecule has 16 heavy (non-hydrogen) atoms. The van der Waals surface area contributed by atoms with Gasteiger partial charge in [0.2, 0.25) is 0 Å². The Bertz CT molecular complexity index is 380. The fourth-order valence-electron chi connectivity index (χ4n) is 2.82. The predicted molar refractivity (Wildman–Crippen MR) is 62.2 cm³/mol. The van der Waals surface area contributed by atoms with Crippen molar-refractivity contribution < 1.29 is 4.39 Å². The monoisotopic (exact) mass is 222 g/mol. The highest BCUT2D eigenvalue weighted by molar-refractivity contribution is 5.24. The van der Waals surface area contributed by atoms with Crippen LogP contribution in [0.5, 0.6) is 0 Å². The zero-order valence-corrected chi connectivity index (χ0v) is 9.91. The number of nitrogens with zero attached hydrogens (tertiary/aromatic N) is 1. The van der Waals surface area contributed by atoms with Crippen molar-refractivity contribution >= 4 is 0 Å². The van der Waals surface area contributed by atoms with Gasteiger partial charge in [-0.3, -0.25) is 4.98 Å². The smallest absolute Gasteiger partial charge is 0.146 e. The zero-order chi connectivity index (χ0) is 11.8. The van der Waals surface area contributed by atoms with Gasteiger partial charge >= 0.3 is 0 Å². The van der Waals surface area contributed by atoms with Gasteiger partial charge in [-0.1, -0.05) is 13.8 Å². The van der Waals surface area contributed by atoms with Crippen molar-refractivity contribution in [2.45, 2.75) is 38.6 Å². The van der Waals surface area contributed by atoms with Gasteiger partial charge in [-0.25, -0.2) is 4.39 Å². The molecule has 1 aliphatic rings. The predicted octanol–water partition coefficient (Wildman–Crippen LogP) is 2.83. The largest absolute Gasteiger partial charge is 0.321 e. The van der Waals surface area contributed by atoms with Crippen LogP contribution in [-0.4, -0.2) is 4.98 Å². The standard InChI is InChI=1S/C13H19FN2/c1-9-3-5-13(15,10(2)7-9)11-4-6-16-8-12(11)14/h4,6,8-10H,3,5,7,15H2,1-2H3. The van der Waals surface area contributed by atoms with Crippen LogP contribution in [0.25, 0.3) is 0 Å². The van der Waals surface area contributed by atoms with Crippen LogP contribution in [0.3, 0.4) is 0 Å². The molecule has 0 radical (unpaired) electrons. The number of aromatic nitrogens is 1. The van der Waals surface area contributed by atoms with E-state index in [9.17, 15) is 4.39 Å². The van der Waals surface area contributed by atoms with Crippen molar-refractivity contribution in [3.8, 4) is 0 Å². The van der Waals surface area contributed by atoms with Crippen molar-refractivity contribution in [2.75, 3.05) is 0 Å². The van der Waals surface area contributed by atoms with E-state index in [4.69, 9.17) is 5.73 Å². The van der Waals surface area contributed by atoms with Crippen LogP contribution in [0, 0.1) is 17.7 Å². The fourth-order valence-corrected chi connectivity index (χ4v) is 2.82. The van der Waals surface area contributed by atoms with Gasteiger partial charge in [0.25, 0.3) is 0 Å². The Hall–Kier alpha value is -0.960. The molecule has 1 saturated carbocycles. The number of nitrogens with two attached hydrogens (primary N) is 1. The summed E-state index contributed by atoms with van der Waals surface area (Å²) in [5, 5.41) is 0. The molecule has 0 amide bonds. The molecule has 1 aliphatic carbocycles. The van der Waals surface area contributed by atoms with Crippen molar-refractivity contribution in [1.82, 2.24) is 4.98 Å². The van der Waals surface area contributed by atoms with Crippen molar-refractivity contribution in [1.29, 1.82) is 0 Å². The van der Waals surface area contributed by atoms with E-state index < -0.39 is 5.54 Å². The average Bonchev–Trinajstić information content (AvgIpc) is 2.25. The number of rotatable bonds is 1. The first kappa shape index (κ1) is 11.5. The maximum atomic E-state index is 13.7. The summed E-state index contributed by atoms with van der Waals surface area (Å²) in [6.07, 6.45) is 5.88. The first-order valence-electron chi connectivity index (χ1n) is 5.93. The van der Waals surface area contributed by atoms with Crippen LogP contribution in [0.1, 0.15) is 38.7 Å². The number of hydrogen-bond acceptors (Lipinski definition) is 2. The highest BCUT2D eigenvalue weighted by Gasteiger charge is 2.39. The van der Waals surface area contributed by atoms with E-state index >= 15 is 0 Å². The maximum Gasteiger partial charge on any atom is 0.146 e. The van der Waals surface area contributed by atoms with Gasteiger partial charge in [0, 0.05) is 17.3 Å². The van der Waals surface area contributed by atoms with Crippen LogP contribution in [0.15, 0.2) is 18.5 Å². The highest BCUT2D eigenvalue weighted by Crippen LogP contribution is 2.42. The third kappa shape index (κ3) is 1.84. The van der Waals surface area contributed by atoms with Gasteiger partial charge < -0.3 is 5.73 Å². The molecule has 1 aromatic rings. The van der Waals surface area contributed by atoms with Crippen LogP contribution >= 0.6 is 0 Å². The summed E-state index contributed by atoms with van der Waals surface area (Å²) in [4.78, 5) is 3.78. The topological polar surface area (TPSA) is 38.9 Å². The Labute approximate surface area is 96.1 Å². The Balaban J connectivity index is 2.35. The number of hydrogen-bond donors (Lipinski definition) is 1. The molecule has 88 valence electrons. The Kier molecular flexibility index (Phi) is 2.98. The number of pyridine rings is 1. The lowest BCUT2D eigenvalue weighted by atomic mass is 9.67. The molecule has 0 bridgehead atoms. The molecular formula is C13H19FN2. The molecule has 2 nitrogen and oxygen atoms in total. The van der Waals surface area contributed by atoms with E-state index in [1.54, 1.807) is 12.3 Å². The minimum Gasteiger partial charge on any atom is -0.321 e. The molecular weight excluding hydrogens is 203 g/mol. The Morgan fingerprint density at radius 2 is 2.25 bits per heavy atom. The second-order valence-corrected chi connectivity index (χ2v) is 5.18. The lowest BCUT2D eigenvalue weighted by Crippen LogP contribution is -2.47. The van der Waals surface area contributed by atoms with E-state index in [0.29, 0.717) is 17.4 Å². The molecule has 2 N–H and O–H groups in total. The quantitative estimate of drug-likeness (QED) is 0.793. The Morgan fingerprint density at radius 3 is 2.88 bits per heavy atom. The second-order valence-electron chi connectivity index (χ2n) is 5.18.